The molecule has 0 aliphatic carbocycles. The van der Waals surface area contributed by atoms with Crippen molar-refractivity contribution in [1.29, 1.82) is 0 Å². The standard InChI is InChI=1S/C17H18ClN3O2S2/c1-9-7-13(18)5-6-14(9)21-25(22,23)17-12(4)24-11(3)16(17)15-8-10(2)19-20-15/h5-8,21H,1-4H3,(H,19,20). The molecule has 2 aromatic heterocycles. The van der Waals surface area contributed by atoms with Gasteiger partial charge < -0.3 is 0 Å². The number of sulfonamides is 1. The number of aromatic nitrogens is 2. The summed E-state index contributed by atoms with van der Waals surface area (Å²) in [5, 5.41) is 7.68. The SMILES string of the molecule is Cc1cc(-c2c(C)sc(C)c2S(=O)(=O)Nc2ccc(Cl)cc2C)n[nH]1. The number of H-pyrrole nitrogens is 1. The van der Waals surface area contributed by atoms with Crippen molar-refractivity contribution in [2.45, 2.75) is 32.6 Å². The van der Waals surface area contributed by atoms with Gasteiger partial charge in [0.2, 0.25) is 0 Å². The monoisotopic (exact) mass is 395 g/mol. The fourth-order valence-corrected chi connectivity index (χ4v) is 6.00. The van der Waals surface area contributed by atoms with Crippen molar-refractivity contribution in [3.63, 3.8) is 0 Å². The molecule has 0 saturated carbocycles. The molecule has 3 aromatic rings. The fourth-order valence-electron chi connectivity index (χ4n) is 2.77. The summed E-state index contributed by atoms with van der Waals surface area (Å²) in [6, 6.07) is 6.91. The number of hydrogen-bond donors (Lipinski definition) is 2. The summed E-state index contributed by atoms with van der Waals surface area (Å²) in [5.41, 5.74) is 3.43. The van der Waals surface area contributed by atoms with E-state index in [1.54, 1.807) is 18.2 Å². The van der Waals surface area contributed by atoms with Crippen LogP contribution in [-0.2, 0) is 10.0 Å². The van der Waals surface area contributed by atoms with Gasteiger partial charge in [-0.05, 0) is 57.5 Å². The normalized spacial score (nSPS) is 11.7. The van der Waals surface area contributed by atoms with Crippen LogP contribution in [0.5, 0.6) is 0 Å². The quantitative estimate of drug-likeness (QED) is 0.664. The molecule has 132 valence electrons. The highest BCUT2D eigenvalue weighted by Gasteiger charge is 2.28. The molecule has 0 atom stereocenters. The number of rotatable bonds is 4. The summed E-state index contributed by atoms with van der Waals surface area (Å²) in [5.74, 6) is 0. The summed E-state index contributed by atoms with van der Waals surface area (Å²) in [4.78, 5) is 1.92. The predicted molar refractivity (Wildman–Crippen MR) is 103 cm³/mol. The maximum atomic E-state index is 13.1. The molecule has 0 radical (unpaired) electrons. The van der Waals surface area contributed by atoms with Crippen LogP contribution in [-0.4, -0.2) is 18.6 Å². The average molecular weight is 396 g/mol. The molecular formula is C17H18ClN3O2S2. The topological polar surface area (TPSA) is 74.8 Å². The Labute approximate surface area is 156 Å². The number of benzene rings is 1. The van der Waals surface area contributed by atoms with Gasteiger partial charge >= 0.3 is 0 Å². The van der Waals surface area contributed by atoms with E-state index in [0.717, 1.165) is 21.0 Å². The van der Waals surface area contributed by atoms with Crippen LogP contribution in [0.4, 0.5) is 5.69 Å². The van der Waals surface area contributed by atoms with E-state index in [0.29, 0.717) is 22.0 Å². The lowest BCUT2D eigenvalue weighted by atomic mass is 10.2. The molecule has 0 amide bonds. The second kappa shape index (κ2) is 6.48. The highest BCUT2D eigenvalue weighted by molar-refractivity contribution is 7.93. The van der Waals surface area contributed by atoms with E-state index in [1.807, 2.05) is 33.8 Å². The Kier molecular flexibility index (Phi) is 4.66. The van der Waals surface area contributed by atoms with Gasteiger partial charge in [0.05, 0.1) is 11.4 Å². The third-order valence-corrected chi connectivity index (χ3v) is 6.79. The largest absolute Gasteiger partial charge is 0.282 e. The van der Waals surface area contributed by atoms with Crippen molar-refractivity contribution >= 4 is 38.6 Å². The van der Waals surface area contributed by atoms with Crippen LogP contribution in [0.3, 0.4) is 0 Å². The predicted octanol–water partition coefficient (Wildman–Crippen LogP) is 4.83. The van der Waals surface area contributed by atoms with Crippen LogP contribution in [0, 0.1) is 27.7 Å². The Morgan fingerprint density at radius 1 is 1.12 bits per heavy atom. The van der Waals surface area contributed by atoms with Crippen LogP contribution in [0.2, 0.25) is 5.02 Å². The van der Waals surface area contributed by atoms with Crippen molar-refractivity contribution < 1.29 is 8.42 Å². The maximum absolute atomic E-state index is 13.1. The Balaban J connectivity index is 2.12. The van der Waals surface area contributed by atoms with E-state index in [2.05, 4.69) is 14.9 Å². The van der Waals surface area contributed by atoms with Gasteiger partial charge in [-0.3, -0.25) is 9.82 Å². The molecule has 0 saturated heterocycles. The van der Waals surface area contributed by atoms with Gasteiger partial charge in [0, 0.05) is 26.0 Å². The van der Waals surface area contributed by atoms with Crippen LogP contribution >= 0.6 is 22.9 Å². The van der Waals surface area contributed by atoms with E-state index in [1.165, 1.54) is 11.3 Å². The van der Waals surface area contributed by atoms with E-state index in [9.17, 15) is 8.42 Å². The molecular weight excluding hydrogens is 378 g/mol. The number of anilines is 1. The van der Waals surface area contributed by atoms with E-state index >= 15 is 0 Å². The number of thiophene rings is 1. The molecule has 5 nitrogen and oxygen atoms in total. The van der Waals surface area contributed by atoms with Gasteiger partial charge in [0.15, 0.2) is 0 Å². The van der Waals surface area contributed by atoms with Crippen LogP contribution in [0.25, 0.3) is 11.3 Å². The molecule has 0 aliphatic rings. The molecule has 3 rings (SSSR count). The average Bonchev–Trinajstić information content (AvgIpc) is 3.05. The van der Waals surface area contributed by atoms with Crippen LogP contribution in [0.1, 0.15) is 21.0 Å². The summed E-state index contributed by atoms with van der Waals surface area (Å²) < 4.78 is 28.9. The molecule has 2 heterocycles. The third kappa shape index (κ3) is 3.44. The number of halogens is 1. The van der Waals surface area contributed by atoms with Gasteiger partial charge in [0.25, 0.3) is 10.0 Å². The van der Waals surface area contributed by atoms with Crippen molar-refractivity contribution in [3.8, 4) is 11.3 Å². The first kappa shape index (κ1) is 18.0. The summed E-state index contributed by atoms with van der Waals surface area (Å²) in [6.45, 7) is 7.41. The van der Waals surface area contributed by atoms with Gasteiger partial charge in [0.1, 0.15) is 4.90 Å². The van der Waals surface area contributed by atoms with E-state index in [-0.39, 0.29) is 4.90 Å². The summed E-state index contributed by atoms with van der Waals surface area (Å²) in [6.07, 6.45) is 0. The fraction of sp³-hybridized carbons (Fsp3) is 0.235. The molecule has 0 aliphatic heterocycles. The first-order valence-electron chi connectivity index (χ1n) is 7.60. The molecule has 0 bridgehead atoms. The molecule has 0 fully saturated rings. The smallest absolute Gasteiger partial charge is 0.263 e. The molecule has 2 N–H and O–H groups in total. The molecule has 0 unspecified atom stereocenters. The molecule has 1 aromatic carbocycles. The van der Waals surface area contributed by atoms with Crippen molar-refractivity contribution in [1.82, 2.24) is 10.2 Å². The van der Waals surface area contributed by atoms with Gasteiger partial charge in [-0.1, -0.05) is 11.6 Å². The van der Waals surface area contributed by atoms with Crippen LogP contribution < -0.4 is 4.72 Å². The Morgan fingerprint density at radius 3 is 2.44 bits per heavy atom. The highest BCUT2D eigenvalue weighted by atomic mass is 35.5. The van der Waals surface area contributed by atoms with Crippen molar-refractivity contribution in [2.75, 3.05) is 4.72 Å². The lowest BCUT2D eigenvalue weighted by Gasteiger charge is -2.12. The summed E-state index contributed by atoms with van der Waals surface area (Å²) in [7, 11) is -3.76. The lowest BCUT2D eigenvalue weighted by molar-refractivity contribution is 0.601. The third-order valence-electron chi connectivity index (χ3n) is 3.87. The zero-order chi connectivity index (χ0) is 18.4. The number of aryl methyl sites for hydroxylation is 4. The van der Waals surface area contributed by atoms with Crippen molar-refractivity contribution in [2.24, 2.45) is 0 Å². The van der Waals surface area contributed by atoms with Gasteiger partial charge in [-0.2, -0.15) is 5.10 Å². The molecule has 0 spiro atoms. The molecule has 8 heteroatoms. The van der Waals surface area contributed by atoms with Gasteiger partial charge in [-0.15, -0.1) is 11.3 Å². The number of nitrogens with one attached hydrogen (secondary N) is 2. The lowest BCUT2D eigenvalue weighted by Crippen LogP contribution is -2.15. The Bertz CT molecular complexity index is 1050. The van der Waals surface area contributed by atoms with Gasteiger partial charge in [-0.25, -0.2) is 8.42 Å². The minimum Gasteiger partial charge on any atom is -0.282 e. The minimum absolute atomic E-state index is 0.274. The molecule has 25 heavy (non-hydrogen) atoms. The van der Waals surface area contributed by atoms with E-state index in [4.69, 9.17) is 11.6 Å². The maximum Gasteiger partial charge on any atom is 0.263 e. The second-order valence-electron chi connectivity index (χ2n) is 5.92. The van der Waals surface area contributed by atoms with Crippen LogP contribution in [0.15, 0.2) is 29.2 Å². The zero-order valence-corrected chi connectivity index (χ0v) is 16.7. The van der Waals surface area contributed by atoms with E-state index < -0.39 is 10.0 Å². The zero-order valence-electron chi connectivity index (χ0n) is 14.3. The number of hydrogen-bond acceptors (Lipinski definition) is 4. The summed E-state index contributed by atoms with van der Waals surface area (Å²) >= 11 is 7.40. The highest BCUT2D eigenvalue weighted by Crippen LogP contribution is 2.39. The number of aromatic amines is 1. The Morgan fingerprint density at radius 2 is 1.84 bits per heavy atom. The van der Waals surface area contributed by atoms with Crippen molar-refractivity contribution in [3.05, 3.63) is 50.3 Å². The first-order valence-corrected chi connectivity index (χ1v) is 10.3. The second-order valence-corrected chi connectivity index (χ2v) is 9.40. The first-order chi connectivity index (χ1) is 11.7. The minimum atomic E-state index is -3.76. The Hall–Kier alpha value is -1.83. The number of nitrogens with zero attached hydrogens (tertiary/aromatic N) is 1.